The van der Waals surface area contributed by atoms with Crippen molar-refractivity contribution in [2.45, 2.75) is 5.51 Å². The summed E-state index contributed by atoms with van der Waals surface area (Å²) in [5, 5.41) is 8.88. The van der Waals surface area contributed by atoms with E-state index in [9.17, 15) is 18.0 Å². The van der Waals surface area contributed by atoms with Gasteiger partial charge < -0.3 is 14.6 Å². The van der Waals surface area contributed by atoms with Crippen molar-refractivity contribution in [3.05, 3.63) is 22.2 Å². The molecule has 112 valence electrons. The van der Waals surface area contributed by atoms with E-state index >= 15 is 0 Å². The molecule has 1 aromatic carbocycles. The van der Waals surface area contributed by atoms with Crippen molar-refractivity contribution < 1.29 is 32.5 Å². The maximum atomic E-state index is 12.0. The minimum absolute atomic E-state index is 0.0225. The van der Waals surface area contributed by atoms with Crippen LogP contribution < -0.4 is 9.47 Å². The highest BCUT2D eigenvalue weighted by Gasteiger charge is 2.27. The molecule has 0 fully saturated rings. The average molecular weight is 375 g/mol. The third-order valence-corrected chi connectivity index (χ3v) is 3.36. The van der Waals surface area contributed by atoms with Crippen LogP contribution in [0.25, 0.3) is 0 Å². The Morgan fingerprint density at radius 1 is 1.45 bits per heavy atom. The van der Waals surface area contributed by atoms with Gasteiger partial charge in [-0.2, -0.15) is 13.2 Å². The summed E-state index contributed by atoms with van der Waals surface area (Å²) in [6, 6.07) is 2.52. The third-order valence-electron chi connectivity index (χ3n) is 2.07. The number of carbonyl (C=O) groups is 1. The molecular formula is C11H10BrF3O4S. The van der Waals surface area contributed by atoms with Crippen LogP contribution in [0, 0.1) is 0 Å². The van der Waals surface area contributed by atoms with Crippen LogP contribution >= 0.6 is 27.7 Å². The van der Waals surface area contributed by atoms with Crippen molar-refractivity contribution in [3.63, 3.8) is 0 Å². The molecular weight excluding hydrogens is 365 g/mol. The molecule has 1 rings (SSSR count). The van der Waals surface area contributed by atoms with E-state index in [4.69, 9.17) is 14.6 Å². The van der Waals surface area contributed by atoms with Crippen molar-refractivity contribution in [2.75, 3.05) is 19.5 Å². The van der Waals surface area contributed by atoms with Gasteiger partial charge in [-0.15, -0.1) is 0 Å². The highest BCUT2D eigenvalue weighted by molar-refractivity contribution is 9.10. The van der Waals surface area contributed by atoms with Crippen LogP contribution in [0.2, 0.25) is 0 Å². The zero-order chi connectivity index (χ0) is 15.3. The van der Waals surface area contributed by atoms with Crippen molar-refractivity contribution in [3.8, 4) is 11.5 Å². The molecule has 0 spiro atoms. The Labute approximate surface area is 125 Å². The number of aromatic carboxylic acids is 1. The molecule has 0 saturated carbocycles. The second-order valence-electron chi connectivity index (χ2n) is 3.44. The maximum Gasteiger partial charge on any atom is 0.441 e. The van der Waals surface area contributed by atoms with E-state index in [1.54, 1.807) is 0 Å². The quantitative estimate of drug-likeness (QED) is 0.767. The van der Waals surface area contributed by atoms with Crippen LogP contribution in [0.3, 0.4) is 0 Å². The summed E-state index contributed by atoms with van der Waals surface area (Å²) in [6.07, 6.45) is 0. The molecule has 0 aliphatic rings. The maximum absolute atomic E-state index is 12.0. The summed E-state index contributed by atoms with van der Waals surface area (Å²) in [6.45, 7) is -0.189. The molecule has 0 aliphatic carbocycles. The first kappa shape index (κ1) is 17.0. The molecule has 0 aromatic heterocycles. The van der Waals surface area contributed by atoms with E-state index in [-0.39, 0.29) is 41.2 Å². The molecule has 0 bridgehead atoms. The van der Waals surface area contributed by atoms with Crippen LogP contribution in [0.4, 0.5) is 13.2 Å². The van der Waals surface area contributed by atoms with E-state index in [1.807, 2.05) is 0 Å². The number of alkyl halides is 3. The second-order valence-corrected chi connectivity index (χ2v) is 5.45. The zero-order valence-electron chi connectivity index (χ0n) is 10.2. The van der Waals surface area contributed by atoms with Gasteiger partial charge >= 0.3 is 11.5 Å². The molecule has 0 aliphatic heterocycles. The van der Waals surface area contributed by atoms with E-state index in [0.717, 1.165) is 0 Å². The van der Waals surface area contributed by atoms with Crippen LogP contribution in [-0.2, 0) is 0 Å². The van der Waals surface area contributed by atoms with Gasteiger partial charge in [0.05, 0.1) is 23.8 Å². The molecule has 9 heteroatoms. The Morgan fingerprint density at radius 2 is 2.10 bits per heavy atom. The van der Waals surface area contributed by atoms with Gasteiger partial charge in [0.25, 0.3) is 0 Å². The number of hydrogen-bond donors (Lipinski definition) is 1. The van der Waals surface area contributed by atoms with Crippen molar-refractivity contribution in [2.24, 2.45) is 0 Å². The minimum Gasteiger partial charge on any atom is -0.493 e. The monoisotopic (exact) mass is 374 g/mol. The normalized spacial score (nSPS) is 11.2. The molecule has 0 radical (unpaired) electrons. The topological polar surface area (TPSA) is 55.8 Å². The van der Waals surface area contributed by atoms with Gasteiger partial charge in [-0.3, -0.25) is 0 Å². The summed E-state index contributed by atoms with van der Waals surface area (Å²) in [7, 11) is 1.31. The smallest absolute Gasteiger partial charge is 0.441 e. The molecule has 0 unspecified atom stereocenters. The number of ether oxygens (including phenoxy) is 2. The SMILES string of the molecule is COc1cc(C(=O)O)cc(Br)c1OCCSC(F)(F)F. The van der Waals surface area contributed by atoms with E-state index < -0.39 is 11.5 Å². The second kappa shape index (κ2) is 7.07. The lowest BCUT2D eigenvalue weighted by molar-refractivity contribution is -0.0329. The number of halogens is 4. The van der Waals surface area contributed by atoms with Gasteiger partial charge in [-0.25, -0.2) is 4.79 Å². The van der Waals surface area contributed by atoms with Crippen LogP contribution in [0.1, 0.15) is 10.4 Å². The van der Waals surface area contributed by atoms with Gasteiger partial charge in [-0.1, -0.05) is 0 Å². The molecule has 20 heavy (non-hydrogen) atoms. The number of carboxylic acids is 1. The van der Waals surface area contributed by atoms with Gasteiger partial charge in [0.1, 0.15) is 0 Å². The molecule has 0 amide bonds. The Bertz CT molecular complexity index is 493. The van der Waals surface area contributed by atoms with Crippen LogP contribution in [0.5, 0.6) is 11.5 Å². The lowest BCUT2D eigenvalue weighted by atomic mass is 10.2. The lowest BCUT2D eigenvalue weighted by Crippen LogP contribution is -2.08. The molecule has 4 nitrogen and oxygen atoms in total. The third kappa shape index (κ3) is 5.12. The molecule has 1 N–H and O–H groups in total. The number of benzene rings is 1. The van der Waals surface area contributed by atoms with Crippen molar-refractivity contribution in [1.29, 1.82) is 0 Å². The largest absolute Gasteiger partial charge is 0.493 e. The molecule has 1 aromatic rings. The minimum atomic E-state index is -4.31. The van der Waals surface area contributed by atoms with Crippen molar-refractivity contribution >= 4 is 33.7 Å². The van der Waals surface area contributed by atoms with E-state index in [2.05, 4.69) is 15.9 Å². The van der Waals surface area contributed by atoms with E-state index in [0.29, 0.717) is 4.47 Å². The first-order valence-electron chi connectivity index (χ1n) is 5.19. The molecule has 0 saturated heterocycles. The fourth-order valence-corrected chi connectivity index (χ4v) is 2.24. The summed E-state index contributed by atoms with van der Waals surface area (Å²) in [5.74, 6) is -1.13. The van der Waals surface area contributed by atoms with Gasteiger partial charge in [-0.05, 0) is 39.8 Å². The summed E-state index contributed by atoms with van der Waals surface area (Å²) in [5.41, 5.74) is -4.33. The highest BCUT2D eigenvalue weighted by Crippen LogP contribution is 2.37. The zero-order valence-corrected chi connectivity index (χ0v) is 12.6. The fraction of sp³-hybridized carbons (Fsp3) is 0.364. The molecule has 0 heterocycles. The summed E-state index contributed by atoms with van der Waals surface area (Å²) >= 11 is 2.91. The van der Waals surface area contributed by atoms with Gasteiger partial charge in [0.2, 0.25) is 0 Å². The number of rotatable bonds is 6. The highest BCUT2D eigenvalue weighted by atomic mass is 79.9. The van der Waals surface area contributed by atoms with Gasteiger partial charge in [0, 0.05) is 5.75 Å². The standard InChI is InChI=1S/C11H10BrF3O4S/c1-18-8-5-6(10(16)17)4-7(12)9(8)19-2-3-20-11(13,14)15/h4-5H,2-3H2,1H3,(H,16,17). The van der Waals surface area contributed by atoms with Crippen molar-refractivity contribution in [1.82, 2.24) is 0 Å². The van der Waals surface area contributed by atoms with Crippen LogP contribution in [-0.4, -0.2) is 36.1 Å². The molecule has 0 atom stereocenters. The summed E-state index contributed by atoms with van der Waals surface area (Å²) in [4.78, 5) is 10.9. The lowest BCUT2D eigenvalue weighted by Gasteiger charge is -2.13. The van der Waals surface area contributed by atoms with Crippen LogP contribution in [0.15, 0.2) is 16.6 Å². The number of hydrogen-bond acceptors (Lipinski definition) is 4. The Hall–Kier alpha value is -1.09. The average Bonchev–Trinajstić information content (AvgIpc) is 2.33. The summed E-state index contributed by atoms with van der Waals surface area (Å²) < 4.78 is 46.3. The predicted molar refractivity (Wildman–Crippen MR) is 71.7 cm³/mol. The first-order chi connectivity index (χ1) is 9.24. The number of thioether (sulfide) groups is 1. The van der Waals surface area contributed by atoms with Gasteiger partial charge in [0.15, 0.2) is 11.5 Å². The van der Waals surface area contributed by atoms with E-state index in [1.165, 1.54) is 19.2 Å². The number of methoxy groups -OCH3 is 1. The first-order valence-corrected chi connectivity index (χ1v) is 6.96. The predicted octanol–water partition coefficient (Wildman–Crippen LogP) is 3.79. The Kier molecular flexibility index (Phi) is 6.00. The Balaban J connectivity index is 2.77. The fourth-order valence-electron chi connectivity index (χ4n) is 1.28. The number of carboxylic acid groups (broad SMARTS) is 1. The Morgan fingerprint density at radius 3 is 2.60 bits per heavy atom.